The number of hydrogen-bond donors (Lipinski definition) is 1. The molecule has 0 saturated carbocycles. The first kappa shape index (κ1) is 20.1. The van der Waals surface area contributed by atoms with Crippen molar-refractivity contribution in [3.63, 3.8) is 0 Å². The second-order valence-corrected chi connectivity index (χ2v) is 6.56. The molecule has 1 N–H and O–H groups in total. The maximum atomic E-state index is 12.3. The zero-order valence-corrected chi connectivity index (χ0v) is 16.4. The molecule has 0 aliphatic heterocycles. The van der Waals surface area contributed by atoms with Crippen LogP contribution in [-0.2, 0) is 25.0 Å². The number of amides is 2. The lowest BCUT2D eigenvalue weighted by atomic mass is 10.2. The normalized spacial score (nSPS) is 10.4. The smallest absolute Gasteiger partial charge is 0.251 e. The number of aryl methyl sites for hydroxylation is 1. The predicted molar refractivity (Wildman–Crippen MR) is 107 cm³/mol. The Hall–Kier alpha value is -3.68. The molecule has 1 aromatic carbocycles. The Balaban J connectivity index is 1.46. The van der Waals surface area contributed by atoms with Gasteiger partial charge in [0.1, 0.15) is 18.2 Å². The molecule has 150 valence electrons. The number of aromatic nitrogens is 3. The number of hydrogen-bond acceptors (Lipinski definition) is 5. The minimum Gasteiger partial charge on any atom is -0.486 e. The van der Waals surface area contributed by atoms with Gasteiger partial charge in [0.05, 0.1) is 6.54 Å². The number of likely N-dealkylation sites (N-methyl/N-ethyl adjacent to an activating group) is 1. The van der Waals surface area contributed by atoms with Gasteiger partial charge in [-0.3, -0.25) is 14.6 Å². The van der Waals surface area contributed by atoms with Crippen LogP contribution in [0.5, 0.6) is 5.75 Å². The molecule has 0 bridgehead atoms. The third-order valence-electron chi connectivity index (χ3n) is 4.40. The van der Waals surface area contributed by atoms with Crippen molar-refractivity contribution in [2.45, 2.75) is 13.2 Å². The van der Waals surface area contributed by atoms with Crippen molar-refractivity contribution in [2.75, 3.05) is 13.6 Å². The van der Waals surface area contributed by atoms with Gasteiger partial charge in [0.25, 0.3) is 5.91 Å². The molecule has 0 saturated heterocycles. The molecule has 0 atom stereocenters. The molecule has 0 aliphatic carbocycles. The van der Waals surface area contributed by atoms with Crippen LogP contribution in [0.3, 0.4) is 0 Å². The highest BCUT2D eigenvalue weighted by Crippen LogP contribution is 2.14. The molecule has 0 radical (unpaired) electrons. The van der Waals surface area contributed by atoms with Crippen LogP contribution in [-0.4, -0.2) is 44.8 Å². The zero-order chi connectivity index (χ0) is 20.6. The Bertz CT molecular complexity index is 954. The van der Waals surface area contributed by atoms with E-state index in [4.69, 9.17) is 4.74 Å². The van der Waals surface area contributed by atoms with Crippen LogP contribution in [0.1, 0.15) is 21.7 Å². The van der Waals surface area contributed by atoms with Crippen molar-refractivity contribution in [1.82, 2.24) is 24.8 Å². The number of carbonyl (C=O) groups is 2. The van der Waals surface area contributed by atoms with E-state index in [0.29, 0.717) is 24.5 Å². The van der Waals surface area contributed by atoms with Crippen LogP contribution in [0.2, 0.25) is 0 Å². The van der Waals surface area contributed by atoms with E-state index in [9.17, 15) is 9.59 Å². The van der Waals surface area contributed by atoms with Crippen molar-refractivity contribution >= 4 is 11.8 Å². The van der Waals surface area contributed by atoms with Gasteiger partial charge in [0.15, 0.2) is 0 Å². The fraction of sp³-hybridized carbons (Fsp3) is 0.238. The second kappa shape index (κ2) is 9.50. The van der Waals surface area contributed by atoms with Crippen LogP contribution in [0, 0.1) is 0 Å². The molecule has 0 aliphatic rings. The lowest BCUT2D eigenvalue weighted by molar-refractivity contribution is -0.129. The van der Waals surface area contributed by atoms with Crippen LogP contribution >= 0.6 is 0 Å². The Kier molecular flexibility index (Phi) is 6.57. The third kappa shape index (κ3) is 5.65. The van der Waals surface area contributed by atoms with Gasteiger partial charge in [-0.25, -0.2) is 4.98 Å². The van der Waals surface area contributed by atoms with Crippen molar-refractivity contribution in [3.05, 3.63) is 78.1 Å². The van der Waals surface area contributed by atoms with Gasteiger partial charge in [-0.05, 0) is 42.0 Å². The molecule has 2 heterocycles. The summed E-state index contributed by atoms with van der Waals surface area (Å²) < 4.78 is 7.55. The average Bonchev–Trinajstić information content (AvgIpc) is 3.16. The van der Waals surface area contributed by atoms with E-state index >= 15 is 0 Å². The lowest BCUT2D eigenvalue weighted by Crippen LogP contribution is -2.37. The highest BCUT2D eigenvalue weighted by atomic mass is 16.5. The van der Waals surface area contributed by atoms with Crippen LogP contribution in [0.25, 0.3) is 0 Å². The summed E-state index contributed by atoms with van der Waals surface area (Å²) in [6, 6.07) is 10.5. The number of pyridine rings is 1. The largest absolute Gasteiger partial charge is 0.486 e. The van der Waals surface area contributed by atoms with Gasteiger partial charge in [-0.1, -0.05) is 0 Å². The Morgan fingerprint density at radius 3 is 2.48 bits per heavy atom. The number of imidazole rings is 1. The summed E-state index contributed by atoms with van der Waals surface area (Å²) in [7, 11) is 3.59. The van der Waals surface area contributed by atoms with Gasteiger partial charge < -0.3 is 19.5 Å². The standard InChI is InChI=1S/C21H23N5O3/c1-25-12-11-23-19(25)15-29-18-5-3-17(4-6-18)21(28)24-13-20(27)26(2)14-16-7-9-22-10-8-16/h3-12H,13-15H2,1-2H3,(H,24,28). The average molecular weight is 393 g/mol. The molecule has 0 spiro atoms. The van der Waals surface area contributed by atoms with Crippen LogP contribution in [0.15, 0.2) is 61.2 Å². The number of benzene rings is 1. The molecule has 2 amide bonds. The van der Waals surface area contributed by atoms with Crippen LogP contribution in [0.4, 0.5) is 0 Å². The fourth-order valence-corrected chi connectivity index (χ4v) is 2.63. The second-order valence-electron chi connectivity index (χ2n) is 6.56. The van der Waals surface area contributed by atoms with E-state index in [-0.39, 0.29) is 18.4 Å². The SMILES string of the molecule is CN(Cc1ccncc1)C(=O)CNC(=O)c1ccc(OCc2nccn2C)cc1. The molecular weight excluding hydrogens is 370 g/mol. The summed E-state index contributed by atoms with van der Waals surface area (Å²) in [6.07, 6.45) is 6.92. The quantitative estimate of drug-likeness (QED) is 0.630. The Morgan fingerprint density at radius 1 is 1.10 bits per heavy atom. The molecule has 0 unspecified atom stereocenters. The van der Waals surface area contributed by atoms with Crippen molar-refractivity contribution in [3.8, 4) is 5.75 Å². The minimum absolute atomic E-state index is 0.0716. The highest BCUT2D eigenvalue weighted by molar-refractivity contribution is 5.96. The summed E-state index contributed by atoms with van der Waals surface area (Å²) in [5.74, 6) is 0.954. The van der Waals surface area contributed by atoms with E-state index in [1.807, 2.05) is 29.9 Å². The van der Waals surface area contributed by atoms with Crippen LogP contribution < -0.4 is 10.1 Å². The first-order chi connectivity index (χ1) is 14.0. The van der Waals surface area contributed by atoms with Crippen molar-refractivity contribution < 1.29 is 14.3 Å². The van der Waals surface area contributed by atoms with Gasteiger partial charge in [0, 0.05) is 51.0 Å². The van der Waals surface area contributed by atoms with E-state index in [1.165, 1.54) is 0 Å². The van der Waals surface area contributed by atoms with Crippen molar-refractivity contribution in [2.24, 2.45) is 7.05 Å². The van der Waals surface area contributed by atoms with Gasteiger partial charge in [-0.2, -0.15) is 0 Å². The molecule has 2 aromatic heterocycles. The molecule has 3 aromatic rings. The molecule has 8 heteroatoms. The summed E-state index contributed by atoms with van der Waals surface area (Å²) in [4.78, 5) is 34.2. The third-order valence-corrected chi connectivity index (χ3v) is 4.40. The first-order valence-electron chi connectivity index (χ1n) is 9.13. The summed E-state index contributed by atoms with van der Waals surface area (Å²) in [6.45, 7) is 0.727. The Morgan fingerprint density at radius 2 is 1.83 bits per heavy atom. The van der Waals surface area contributed by atoms with Gasteiger partial charge in [-0.15, -0.1) is 0 Å². The topological polar surface area (TPSA) is 89.3 Å². The molecule has 0 fully saturated rings. The zero-order valence-electron chi connectivity index (χ0n) is 16.4. The Labute approximate surface area is 169 Å². The molecular formula is C21H23N5O3. The first-order valence-corrected chi connectivity index (χ1v) is 9.13. The number of nitrogens with zero attached hydrogens (tertiary/aromatic N) is 4. The van der Waals surface area contributed by atoms with E-state index in [0.717, 1.165) is 11.4 Å². The van der Waals surface area contributed by atoms with Gasteiger partial charge in [0.2, 0.25) is 5.91 Å². The fourth-order valence-electron chi connectivity index (χ4n) is 2.63. The molecule has 29 heavy (non-hydrogen) atoms. The van der Waals surface area contributed by atoms with E-state index in [2.05, 4.69) is 15.3 Å². The minimum atomic E-state index is -0.314. The summed E-state index contributed by atoms with van der Waals surface area (Å²) >= 11 is 0. The number of ether oxygens (including phenoxy) is 1. The maximum absolute atomic E-state index is 12.3. The molecule has 3 rings (SSSR count). The lowest BCUT2D eigenvalue weighted by Gasteiger charge is -2.17. The van der Waals surface area contributed by atoms with E-state index < -0.39 is 0 Å². The predicted octanol–water partition coefficient (Wildman–Crippen LogP) is 1.78. The van der Waals surface area contributed by atoms with Gasteiger partial charge >= 0.3 is 0 Å². The number of nitrogens with one attached hydrogen (secondary N) is 1. The highest BCUT2D eigenvalue weighted by Gasteiger charge is 2.12. The maximum Gasteiger partial charge on any atom is 0.251 e. The van der Waals surface area contributed by atoms with Crippen molar-refractivity contribution in [1.29, 1.82) is 0 Å². The summed E-state index contributed by atoms with van der Waals surface area (Å²) in [5, 5.41) is 2.65. The van der Waals surface area contributed by atoms with E-state index in [1.54, 1.807) is 54.8 Å². The number of carbonyl (C=O) groups excluding carboxylic acids is 2. The molecule has 8 nitrogen and oxygen atoms in total. The number of rotatable bonds is 8. The summed E-state index contributed by atoms with van der Waals surface area (Å²) in [5.41, 5.74) is 1.43. The monoisotopic (exact) mass is 393 g/mol.